The second kappa shape index (κ2) is 8.65. The highest BCUT2D eigenvalue weighted by Gasteiger charge is 2.35. The largest absolute Gasteiger partial charge is 0.366 e. The number of rotatable bonds is 5. The van der Waals surface area contributed by atoms with Gasteiger partial charge in [-0.1, -0.05) is 24.3 Å². The molecule has 10 heteroatoms. The van der Waals surface area contributed by atoms with Gasteiger partial charge in [-0.2, -0.15) is 0 Å². The summed E-state index contributed by atoms with van der Waals surface area (Å²) in [5.74, 6) is -2.67. The molecule has 0 aliphatic heterocycles. The molecular weight excluding hydrogens is 429 g/mol. The first kappa shape index (κ1) is 21.9. The summed E-state index contributed by atoms with van der Waals surface area (Å²) in [5.41, 5.74) is 6.71. The van der Waals surface area contributed by atoms with Crippen LogP contribution in [0.2, 0.25) is 0 Å². The summed E-state index contributed by atoms with van der Waals surface area (Å²) in [6.45, 7) is 1.64. The highest BCUT2D eigenvalue weighted by Crippen LogP contribution is 2.31. The molecule has 5 N–H and O–H groups in total. The first-order valence-electron chi connectivity index (χ1n) is 10.1. The van der Waals surface area contributed by atoms with Gasteiger partial charge in [0.25, 0.3) is 23.3 Å². The molecule has 3 aromatic rings. The van der Waals surface area contributed by atoms with E-state index in [1.54, 1.807) is 6.92 Å². The average molecular weight is 449 g/mol. The number of carbonyl (C=O) groups excluding carboxylic acids is 3. The van der Waals surface area contributed by atoms with Crippen molar-refractivity contribution in [3.8, 4) is 0 Å². The van der Waals surface area contributed by atoms with E-state index in [2.05, 4.69) is 20.6 Å². The third-order valence-electron chi connectivity index (χ3n) is 5.56. The Kier molecular flexibility index (Phi) is 5.74. The standard InChI is InChI=1S/C23H20FN5O4/c1-11-6-18(26-10-16(11)20(25)30)23(33)29-19-14-5-3-2-4-12(14)7-17(19)28-22(32)15-8-13(24)9-27-21(15)31/h2-6,8-10,17,19H,7H2,1H3,(H2,25,30)(H,27,31)(H,28,32)(H,29,33)/t17-,19-/m1/s1. The fraction of sp³-hybridized carbons (Fsp3) is 0.174. The fourth-order valence-electron chi connectivity index (χ4n) is 3.93. The minimum Gasteiger partial charge on any atom is -0.366 e. The van der Waals surface area contributed by atoms with Crippen LogP contribution < -0.4 is 21.9 Å². The van der Waals surface area contributed by atoms with Crippen LogP contribution in [-0.2, 0) is 6.42 Å². The fourth-order valence-corrected chi connectivity index (χ4v) is 3.93. The minimum absolute atomic E-state index is 0.0773. The van der Waals surface area contributed by atoms with Crippen LogP contribution in [-0.4, -0.2) is 33.7 Å². The van der Waals surface area contributed by atoms with Crippen LogP contribution in [0.3, 0.4) is 0 Å². The lowest BCUT2D eigenvalue weighted by molar-refractivity contribution is 0.0884. The number of nitrogens with zero attached hydrogens (tertiary/aromatic N) is 1. The molecule has 0 bridgehead atoms. The molecule has 0 saturated heterocycles. The molecule has 2 heterocycles. The molecule has 2 aromatic heterocycles. The zero-order valence-corrected chi connectivity index (χ0v) is 17.5. The molecule has 3 amide bonds. The summed E-state index contributed by atoms with van der Waals surface area (Å²) in [4.78, 5) is 55.2. The van der Waals surface area contributed by atoms with Crippen LogP contribution in [0.5, 0.6) is 0 Å². The molecule has 0 radical (unpaired) electrons. The summed E-state index contributed by atoms with van der Waals surface area (Å²) in [6, 6.07) is 8.45. The van der Waals surface area contributed by atoms with Gasteiger partial charge in [-0.15, -0.1) is 0 Å². The normalized spacial score (nSPS) is 16.7. The maximum atomic E-state index is 13.5. The van der Waals surface area contributed by atoms with Gasteiger partial charge in [-0.25, -0.2) is 4.39 Å². The number of aromatic nitrogens is 2. The van der Waals surface area contributed by atoms with Gasteiger partial charge in [0.1, 0.15) is 17.1 Å². The third-order valence-corrected chi connectivity index (χ3v) is 5.56. The molecule has 0 saturated carbocycles. The smallest absolute Gasteiger partial charge is 0.270 e. The molecule has 168 valence electrons. The monoisotopic (exact) mass is 449 g/mol. The number of benzene rings is 1. The molecule has 0 fully saturated rings. The molecule has 0 unspecified atom stereocenters. The lowest BCUT2D eigenvalue weighted by atomic mass is 10.1. The van der Waals surface area contributed by atoms with E-state index in [1.165, 1.54) is 12.3 Å². The van der Waals surface area contributed by atoms with E-state index in [0.717, 1.165) is 23.4 Å². The summed E-state index contributed by atoms with van der Waals surface area (Å²) in [6.07, 6.45) is 2.50. The molecular formula is C23H20FN5O4. The average Bonchev–Trinajstić information content (AvgIpc) is 3.11. The van der Waals surface area contributed by atoms with Crippen molar-refractivity contribution in [3.05, 3.63) is 98.5 Å². The van der Waals surface area contributed by atoms with E-state index in [1.807, 2.05) is 24.3 Å². The molecule has 1 aliphatic rings. The van der Waals surface area contributed by atoms with Crippen molar-refractivity contribution in [1.82, 2.24) is 20.6 Å². The Balaban J connectivity index is 1.60. The van der Waals surface area contributed by atoms with E-state index < -0.39 is 41.2 Å². The van der Waals surface area contributed by atoms with Crippen LogP contribution >= 0.6 is 0 Å². The zero-order valence-electron chi connectivity index (χ0n) is 17.5. The van der Waals surface area contributed by atoms with Crippen molar-refractivity contribution in [1.29, 1.82) is 0 Å². The van der Waals surface area contributed by atoms with Crippen molar-refractivity contribution in [2.75, 3.05) is 0 Å². The number of primary amides is 1. The third kappa shape index (κ3) is 4.36. The lowest BCUT2D eigenvalue weighted by Crippen LogP contribution is -2.45. The van der Waals surface area contributed by atoms with Crippen molar-refractivity contribution >= 4 is 17.7 Å². The molecule has 1 aromatic carbocycles. The summed E-state index contributed by atoms with van der Waals surface area (Å²) >= 11 is 0. The van der Waals surface area contributed by atoms with Gasteiger partial charge in [-0.3, -0.25) is 24.2 Å². The Morgan fingerprint density at radius 2 is 1.88 bits per heavy atom. The highest BCUT2D eigenvalue weighted by molar-refractivity contribution is 5.97. The Morgan fingerprint density at radius 1 is 1.12 bits per heavy atom. The predicted octanol–water partition coefficient (Wildman–Crippen LogP) is 1.14. The number of aryl methyl sites for hydroxylation is 1. The molecule has 33 heavy (non-hydrogen) atoms. The van der Waals surface area contributed by atoms with Crippen LogP contribution in [0.1, 0.15) is 53.9 Å². The van der Waals surface area contributed by atoms with Gasteiger partial charge < -0.3 is 21.4 Å². The molecule has 1 aliphatic carbocycles. The molecule has 9 nitrogen and oxygen atoms in total. The van der Waals surface area contributed by atoms with Gasteiger partial charge in [0.2, 0.25) is 0 Å². The number of amides is 3. The van der Waals surface area contributed by atoms with E-state index in [4.69, 9.17) is 5.73 Å². The maximum Gasteiger partial charge on any atom is 0.270 e. The number of nitrogens with two attached hydrogens (primary N) is 1. The van der Waals surface area contributed by atoms with Crippen LogP contribution in [0.25, 0.3) is 0 Å². The van der Waals surface area contributed by atoms with Gasteiger partial charge in [-0.05, 0) is 42.2 Å². The van der Waals surface area contributed by atoms with Crippen LogP contribution in [0.15, 0.2) is 53.6 Å². The quantitative estimate of drug-likeness (QED) is 0.461. The number of fused-ring (bicyclic) bond motifs is 1. The van der Waals surface area contributed by atoms with Crippen molar-refractivity contribution in [3.63, 3.8) is 0 Å². The topological polar surface area (TPSA) is 147 Å². The number of carbonyl (C=O) groups is 3. The SMILES string of the molecule is Cc1cc(C(=O)N[C@@H]2c3ccccc3C[C@H]2NC(=O)c2cc(F)c[nH]c2=O)ncc1C(N)=O. The summed E-state index contributed by atoms with van der Waals surface area (Å²) in [7, 11) is 0. The van der Waals surface area contributed by atoms with E-state index in [0.29, 0.717) is 12.0 Å². The maximum absolute atomic E-state index is 13.5. The van der Waals surface area contributed by atoms with E-state index in [-0.39, 0.29) is 16.8 Å². The molecule has 0 spiro atoms. The Hall–Kier alpha value is -4.34. The summed E-state index contributed by atoms with van der Waals surface area (Å²) < 4.78 is 13.5. The van der Waals surface area contributed by atoms with Crippen molar-refractivity contribution < 1.29 is 18.8 Å². The van der Waals surface area contributed by atoms with Crippen molar-refractivity contribution in [2.24, 2.45) is 5.73 Å². The number of H-pyrrole nitrogens is 1. The summed E-state index contributed by atoms with van der Waals surface area (Å²) in [5, 5.41) is 5.60. The van der Waals surface area contributed by atoms with E-state index >= 15 is 0 Å². The van der Waals surface area contributed by atoms with Gasteiger partial charge in [0.05, 0.1) is 17.6 Å². The van der Waals surface area contributed by atoms with Gasteiger partial charge >= 0.3 is 0 Å². The predicted molar refractivity (Wildman–Crippen MR) is 116 cm³/mol. The minimum atomic E-state index is -0.757. The number of hydrogen-bond acceptors (Lipinski definition) is 5. The zero-order chi connectivity index (χ0) is 23.7. The second-order valence-corrected chi connectivity index (χ2v) is 7.74. The van der Waals surface area contributed by atoms with E-state index in [9.17, 15) is 23.6 Å². The first-order chi connectivity index (χ1) is 15.7. The highest BCUT2D eigenvalue weighted by atomic mass is 19.1. The first-order valence-corrected chi connectivity index (χ1v) is 10.1. The van der Waals surface area contributed by atoms with Crippen molar-refractivity contribution in [2.45, 2.75) is 25.4 Å². The Bertz CT molecular complexity index is 1340. The number of pyridine rings is 2. The molecule has 2 atom stereocenters. The number of nitrogens with one attached hydrogen (secondary N) is 3. The Labute approximate surface area is 187 Å². The lowest BCUT2D eigenvalue weighted by Gasteiger charge is -2.23. The second-order valence-electron chi connectivity index (χ2n) is 7.74. The van der Waals surface area contributed by atoms with Gasteiger partial charge in [0, 0.05) is 12.4 Å². The molecule has 4 rings (SSSR count). The van der Waals surface area contributed by atoms with Crippen LogP contribution in [0, 0.1) is 12.7 Å². The number of hydrogen-bond donors (Lipinski definition) is 4. The number of aromatic amines is 1. The van der Waals surface area contributed by atoms with Crippen LogP contribution in [0.4, 0.5) is 4.39 Å². The number of halogens is 1. The van der Waals surface area contributed by atoms with Gasteiger partial charge in [0.15, 0.2) is 0 Å². The Morgan fingerprint density at radius 3 is 2.61 bits per heavy atom.